The van der Waals surface area contributed by atoms with Crippen molar-refractivity contribution in [3.05, 3.63) is 34.4 Å². The van der Waals surface area contributed by atoms with Gasteiger partial charge in [0.1, 0.15) is 5.69 Å². The summed E-state index contributed by atoms with van der Waals surface area (Å²) in [6.07, 6.45) is 0.608. The molecule has 0 atom stereocenters. The molecule has 0 aliphatic carbocycles. The van der Waals surface area contributed by atoms with Crippen LogP contribution >= 0.6 is 0 Å². The number of carbonyl (C=O) groups is 2. The molecule has 0 saturated carbocycles. The molecule has 2 amide bonds. The summed E-state index contributed by atoms with van der Waals surface area (Å²) in [6.45, 7) is 5.42. The summed E-state index contributed by atoms with van der Waals surface area (Å²) in [5.41, 5.74) is 15.1. The van der Waals surface area contributed by atoms with E-state index in [1.807, 2.05) is 26.0 Å². The maximum absolute atomic E-state index is 12.3. The lowest BCUT2D eigenvalue weighted by Crippen LogP contribution is -2.35. The van der Waals surface area contributed by atoms with E-state index in [1.54, 1.807) is 11.6 Å². The Morgan fingerprint density at radius 3 is 2.56 bits per heavy atom. The standard InChI is InChI=1S/C17H24N6O2/c1-11-8-13-15(9-12(11)2)23(7-5-19)16(14(10-24)20-13)21-17(25)22(3)6-4-18/h8-10H,4-7,18-19H2,1-3H3/b21-16+. The smallest absolute Gasteiger partial charge is 0.329 e. The Hall–Kier alpha value is -2.58. The maximum Gasteiger partial charge on any atom is 0.345 e. The number of aldehydes is 1. The highest BCUT2D eigenvalue weighted by atomic mass is 16.2. The van der Waals surface area contributed by atoms with E-state index in [0.29, 0.717) is 38.0 Å². The van der Waals surface area contributed by atoms with Gasteiger partial charge in [-0.05, 0) is 37.1 Å². The van der Waals surface area contributed by atoms with Crippen LogP contribution in [-0.2, 0) is 6.54 Å². The summed E-state index contributed by atoms with van der Waals surface area (Å²) in [7, 11) is 1.61. The van der Waals surface area contributed by atoms with Gasteiger partial charge < -0.3 is 20.9 Å². The molecule has 0 aliphatic heterocycles. The van der Waals surface area contributed by atoms with Gasteiger partial charge in [0.15, 0.2) is 11.8 Å². The van der Waals surface area contributed by atoms with E-state index in [4.69, 9.17) is 11.5 Å². The third-order valence-corrected chi connectivity index (χ3v) is 4.06. The molecule has 1 heterocycles. The number of urea groups is 1. The van der Waals surface area contributed by atoms with E-state index < -0.39 is 6.03 Å². The Labute approximate surface area is 146 Å². The van der Waals surface area contributed by atoms with Crippen molar-refractivity contribution in [3.8, 4) is 0 Å². The number of hydrogen-bond donors (Lipinski definition) is 2. The minimum atomic E-state index is -0.482. The molecule has 0 unspecified atom stereocenters. The van der Waals surface area contributed by atoms with E-state index in [1.165, 1.54) is 4.90 Å². The number of amides is 2. The fourth-order valence-electron chi connectivity index (χ4n) is 2.54. The summed E-state index contributed by atoms with van der Waals surface area (Å²) in [4.78, 5) is 33.7. The molecule has 1 aromatic heterocycles. The number of nitrogens with zero attached hydrogens (tertiary/aromatic N) is 4. The lowest BCUT2D eigenvalue weighted by Gasteiger charge is -2.16. The predicted octanol–water partition coefficient (Wildman–Crippen LogP) is 0.336. The molecular formula is C17H24N6O2. The van der Waals surface area contributed by atoms with Crippen molar-refractivity contribution >= 4 is 23.4 Å². The van der Waals surface area contributed by atoms with Gasteiger partial charge in [0, 0.05) is 33.2 Å². The molecule has 2 aromatic rings. The van der Waals surface area contributed by atoms with Gasteiger partial charge in [-0.2, -0.15) is 4.99 Å². The number of hydrogen-bond acceptors (Lipinski definition) is 5. The first-order valence-electron chi connectivity index (χ1n) is 8.09. The number of aromatic nitrogens is 2. The van der Waals surface area contributed by atoms with Crippen LogP contribution in [0, 0.1) is 13.8 Å². The molecule has 1 aromatic carbocycles. The fraction of sp³-hybridized carbons (Fsp3) is 0.412. The van der Waals surface area contributed by atoms with Crippen LogP contribution in [-0.4, -0.2) is 53.5 Å². The average molecular weight is 344 g/mol. The zero-order chi connectivity index (χ0) is 18.6. The Bertz CT molecular complexity index is 872. The quantitative estimate of drug-likeness (QED) is 0.758. The molecule has 134 valence electrons. The van der Waals surface area contributed by atoms with Crippen LogP contribution in [0.4, 0.5) is 4.79 Å². The van der Waals surface area contributed by atoms with Gasteiger partial charge in [-0.15, -0.1) is 0 Å². The lowest BCUT2D eigenvalue weighted by atomic mass is 10.1. The number of aryl methyl sites for hydroxylation is 2. The Kier molecular flexibility index (Phi) is 6.00. The summed E-state index contributed by atoms with van der Waals surface area (Å²) in [5.74, 6) is 0. The van der Waals surface area contributed by atoms with Crippen LogP contribution in [0.1, 0.15) is 21.6 Å². The third kappa shape index (κ3) is 3.92. The zero-order valence-electron chi connectivity index (χ0n) is 14.8. The van der Waals surface area contributed by atoms with Crippen molar-refractivity contribution < 1.29 is 9.59 Å². The molecule has 0 radical (unpaired) electrons. The van der Waals surface area contributed by atoms with Gasteiger partial charge in [-0.1, -0.05) is 0 Å². The Balaban J connectivity index is 2.80. The second-order valence-corrected chi connectivity index (χ2v) is 5.91. The normalized spacial score (nSPS) is 11.8. The topological polar surface area (TPSA) is 120 Å². The van der Waals surface area contributed by atoms with E-state index in [0.717, 1.165) is 16.6 Å². The number of likely N-dealkylation sites (N-methyl/N-ethyl adjacent to an activating group) is 1. The third-order valence-electron chi connectivity index (χ3n) is 4.06. The lowest BCUT2D eigenvalue weighted by molar-refractivity contribution is 0.111. The van der Waals surface area contributed by atoms with Crippen LogP contribution in [0.25, 0.3) is 11.0 Å². The molecule has 0 spiro atoms. The van der Waals surface area contributed by atoms with Gasteiger partial charge >= 0.3 is 6.03 Å². The molecular weight excluding hydrogens is 320 g/mol. The summed E-state index contributed by atoms with van der Waals surface area (Å²) >= 11 is 0. The highest BCUT2D eigenvalue weighted by Crippen LogP contribution is 2.17. The maximum atomic E-state index is 12.3. The van der Waals surface area contributed by atoms with Crippen LogP contribution in [0.2, 0.25) is 0 Å². The van der Waals surface area contributed by atoms with Gasteiger partial charge in [0.25, 0.3) is 0 Å². The number of fused-ring (bicyclic) bond motifs is 1. The summed E-state index contributed by atoms with van der Waals surface area (Å²) < 4.78 is 1.77. The molecule has 8 nitrogen and oxygen atoms in total. The van der Waals surface area contributed by atoms with Crippen LogP contribution < -0.4 is 17.0 Å². The molecule has 4 N–H and O–H groups in total. The second kappa shape index (κ2) is 8.00. The predicted molar refractivity (Wildman–Crippen MR) is 96.3 cm³/mol. The van der Waals surface area contributed by atoms with Gasteiger partial charge in [-0.3, -0.25) is 4.79 Å². The second-order valence-electron chi connectivity index (χ2n) is 5.91. The number of carbonyl (C=O) groups excluding carboxylic acids is 2. The first-order valence-corrected chi connectivity index (χ1v) is 8.09. The van der Waals surface area contributed by atoms with E-state index >= 15 is 0 Å². The first-order chi connectivity index (χ1) is 11.9. The number of rotatable bonds is 5. The van der Waals surface area contributed by atoms with Crippen molar-refractivity contribution in [2.45, 2.75) is 20.4 Å². The average Bonchev–Trinajstić information content (AvgIpc) is 2.58. The molecule has 0 bridgehead atoms. The van der Waals surface area contributed by atoms with Gasteiger partial charge in [0.05, 0.1) is 11.0 Å². The molecule has 2 rings (SSSR count). The molecule has 0 aliphatic rings. The van der Waals surface area contributed by atoms with E-state index in [2.05, 4.69) is 9.98 Å². The van der Waals surface area contributed by atoms with Crippen molar-refractivity contribution in [2.24, 2.45) is 16.5 Å². The fourth-order valence-corrected chi connectivity index (χ4v) is 2.54. The largest absolute Gasteiger partial charge is 0.345 e. The first kappa shape index (κ1) is 18.8. The Morgan fingerprint density at radius 1 is 1.28 bits per heavy atom. The minimum Gasteiger partial charge on any atom is -0.329 e. The van der Waals surface area contributed by atoms with E-state index in [-0.39, 0.29) is 11.2 Å². The molecule has 0 fully saturated rings. The van der Waals surface area contributed by atoms with Crippen LogP contribution in [0.3, 0.4) is 0 Å². The molecule has 0 saturated heterocycles. The van der Waals surface area contributed by atoms with Crippen molar-refractivity contribution in [1.82, 2.24) is 14.5 Å². The van der Waals surface area contributed by atoms with Crippen molar-refractivity contribution in [2.75, 3.05) is 26.7 Å². The SMILES string of the molecule is Cc1cc2nc(C=O)/c(=N\C(=O)N(C)CCN)n(CCN)c2cc1C. The monoisotopic (exact) mass is 344 g/mol. The molecule has 25 heavy (non-hydrogen) atoms. The highest BCUT2D eigenvalue weighted by molar-refractivity contribution is 5.82. The van der Waals surface area contributed by atoms with Crippen LogP contribution in [0.15, 0.2) is 17.1 Å². The summed E-state index contributed by atoms with van der Waals surface area (Å²) in [5, 5.41) is 0. The van der Waals surface area contributed by atoms with Crippen LogP contribution in [0.5, 0.6) is 0 Å². The van der Waals surface area contributed by atoms with Crippen molar-refractivity contribution in [1.29, 1.82) is 0 Å². The zero-order valence-corrected chi connectivity index (χ0v) is 14.8. The highest BCUT2D eigenvalue weighted by Gasteiger charge is 2.13. The van der Waals surface area contributed by atoms with Crippen molar-refractivity contribution in [3.63, 3.8) is 0 Å². The molecule has 8 heteroatoms. The van der Waals surface area contributed by atoms with Gasteiger partial charge in [-0.25, -0.2) is 9.78 Å². The van der Waals surface area contributed by atoms with E-state index in [9.17, 15) is 9.59 Å². The number of benzene rings is 1. The summed E-state index contributed by atoms with van der Waals surface area (Å²) in [6, 6.07) is 3.40. The van der Waals surface area contributed by atoms with Gasteiger partial charge in [0.2, 0.25) is 0 Å². The number of nitrogens with two attached hydrogens (primary N) is 2. The Morgan fingerprint density at radius 2 is 1.96 bits per heavy atom. The minimum absolute atomic E-state index is 0.110.